The number of hydrogen-bond donors (Lipinski definition) is 0. The van der Waals surface area contributed by atoms with E-state index >= 15 is 0 Å². The minimum atomic E-state index is 0.488. The molecule has 0 aliphatic carbocycles. The van der Waals surface area contributed by atoms with Crippen molar-refractivity contribution in [1.82, 2.24) is 0 Å². The normalized spacial score (nSPS) is 9.69. The fraction of sp³-hybridized carbons (Fsp3) is 0.300. The molecule has 1 rings (SSSR count). The molecule has 0 saturated heterocycles. The molecule has 0 atom stereocenters. The first-order valence-corrected chi connectivity index (χ1v) is 3.93. The maximum atomic E-state index is 10.5. The highest BCUT2D eigenvalue weighted by Gasteiger charge is 2.02. The first kappa shape index (κ1) is 9.74. The van der Waals surface area contributed by atoms with Crippen LogP contribution in [-0.4, -0.2) is 20.5 Å². The lowest BCUT2D eigenvalue weighted by atomic mass is 10.1. The molecule has 0 N–H and O–H groups in total. The molecule has 1 aromatic carbocycles. The van der Waals surface area contributed by atoms with E-state index in [1.54, 1.807) is 26.4 Å². The van der Waals surface area contributed by atoms with Crippen LogP contribution in [0.3, 0.4) is 0 Å². The summed E-state index contributed by atoms with van der Waals surface area (Å²) in [6.07, 6.45) is 0.791. The van der Waals surface area contributed by atoms with E-state index in [0.717, 1.165) is 11.8 Å². The maximum Gasteiger partial charge on any atom is 0.150 e. The van der Waals surface area contributed by atoms with Crippen LogP contribution < -0.4 is 4.74 Å². The standard InChI is InChI=1S/C10H12O3/c1-12-7-9-4-3-8(6-11)5-10(9)13-2/h3-6H,7H2,1-2H3. The van der Waals surface area contributed by atoms with Gasteiger partial charge in [0.25, 0.3) is 0 Å². The van der Waals surface area contributed by atoms with Crippen molar-refractivity contribution >= 4 is 6.29 Å². The summed E-state index contributed by atoms with van der Waals surface area (Å²) in [5, 5.41) is 0. The molecular weight excluding hydrogens is 168 g/mol. The zero-order chi connectivity index (χ0) is 9.68. The molecule has 70 valence electrons. The van der Waals surface area contributed by atoms with Crippen LogP contribution >= 0.6 is 0 Å². The summed E-state index contributed by atoms with van der Waals surface area (Å²) in [7, 11) is 3.19. The summed E-state index contributed by atoms with van der Waals surface area (Å²) in [4.78, 5) is 10.5. The molecule has 1 aromatic rings. The van der Waals surface area contributed by atoms with Crippen LogP contribution in [0, 0.1) is 0 Å². The van der Waals surface area contributed by atoms with Gasteiger partial charge in [-0.3, -0.25) is 4.79 Å². The summed E-state index contributed by atoms with van der Waals surface area (Å²) in [5.41, 5.74) is 1.55. The average molecular weight is 180 g/mol. The Labute approximate surface area is 77.3 Å². The molecule has 0 unspecified atom stereocenters. The highest BCUT2D eigenvalue weighted by molar-refractivity contribution is 5.75. The van der Waals surface area contributed by atoms with Crippen LogP contribution in [0.1, 0.15) is 15.9 Å². The Hall–Kier alpha value is -1.35. The highest BCUT2D eigenvalue weighted by Crippen LogP contribution is 2.19. The zero-order valence-electron chi connectivity index (χ0n) is 7.74. The van der Waals surface area contributed by atoms with E-state index in [2.05, 4.69) is 0 Å². The minimum Gasteiger partial charge on any atom is -0.496 e. The number of carbonyl (C=O) groups excluding carboxylic acids is 1. The van der Waals surface area contributed by atoms with E-state index in [0.29, 0.717) is 17.9 Å². The third kappa shape index (κ3) is 2.29. The Bertz CT molecular complexity index is 294. The summed E-state index contributed by atoms with van der Waals surface area (Å²) in [5.74, 6) is 0.687. The van der Waals surface area contributed by atoms with Crippen LogP contribution in [0.4, 0.5) is 0 Å². The monoisotopic (exact) mass is 180 g/mol. The van der Waals surface area contributed by atoms with Crippen LogP contribution in [0.25, 0.3) is 0 Å². The maximum absolute atomic E-state index is 10.5. The molecule has 0 radical (unpaired) electrons. The highest BCUT2D eigenvalue weighted by atomic mass is 16.5. The first-order chi connectivity index (χ1) is 6.31. The SMILES string of the molecule is COCc1ccc(C=O)cc1OC. The van der Waals surface area contributed by atoms with Gasteiger partial charge in [-0.05, 0) is 6.07 Å². The van der Waals surface area contributed by atoms with Gasteiger partial charge < -0.3 is 9.47 Å². The molecule has 3 heteroatoms. The molecule has 0 aromatic heterocycles. The second-order valence-electron chi connectivity index (χ2n) is 2.62. The van der Waals surface area contributed by atoms with Gasteiger partial charge in [0.1, 0.15) is 12.0 Å². The second-order valence-corrected chi connectivity index (χ2v) is 2.62. The van der Waals surface area contributed by atoms with Gasteiger partial charge in [-0.25, -0.2) is 0 Å². The van der Waals surface area contributed by atoms with Gasteiger partial charge in [-0.1, -0.05) is 12.1 Å². The largest absolute Gasteiger partial charge is 0.496 e. The Balaban J connectivity index is 3.00. The summed E-state index contributed by atoms with van der Waals surface area (Å²) in [6.45, 7) is 0.488. The number of ether oxygens (including phenoxy) is 2. The van der Waals surface area contributed by atoms with Gasteiger partial charge >= 0.3 is 0 Å². The fourth-order valence-electron chi connectivity index (χ4n) is 1.11. The van der Waals surface area contributed by atoms with Gasteiger partial charge in [0.05, 0.1) is 13.7 Å². The van der Waals surface area contributed by atoms with Crippen molar-refractivity contribution in [1.29, 1.82) is 0 Å². The Morgan fingerprint density at radius 2 is 2.15 bits per heavy atom. The lowest BCUT2D eigenvalue weighted by Crippen LogP contribution is -1.95. The smallest absolute Gasteiger partial charge is 0.150 e. The first-order valence-electron chi connectivity index (χ1n) is 3.93. The van der Waals surface area contributed by atoms with Gasteiger partial charge in [-0.2, -0.15) is 0 Å². The number of hydrogen-bond acceptors (Lipinski definition) is 3. The quantitative estimate of drug-likeness (QED) is 0.661. The Kier molecular flexibility index (Phi) is 3.46. The van der Waals surface area contributed by atoms with Crippen LogP contribution in [0.2, 0.25) is 0 Å². The van der Waals surface area contributed by atoms with Gasteiger partial charge in [-0.15, -0.1) is 0 Å². The van der Waals surface area contributed by atoms with E-state index < -0.39 is 0 Å². The van der Waals surface area contributed by atoms with Gasteiger partial charge in [0, 0.05) is 18.2 Å². The van der Waals surface area contributed by atoms with Gasteiger partial charge in [0.15, 0.2) is 0 Å². The van der Waals surface area contributed by atoms with Crippen molar-refractivity contribution in [2.24, 2.45) is 0 Å². The van der Waals surface area contributed by atoms with Crippen molar-refractivity contribution in [3.8, 4) is 5.75 Å². The fourth-order valence-corrected chi connectivity index (χ4v) is 1.11. The Morgan fingerprint density at radius 1 is 1.38 bits per heavy atom. The lowest BCUT2D eigenvalue weighted by molar-refractivity contribution is 0.112. The summed E-state index contributed by atoms with van der Waals surface area (Å²) >= 11 is 0. The molecule has 0 bridgehead atoms. The predicted molar refractivity (Wildman–Crippen MR) is 49.1 cm³/mol. The van der Waals surface area contributed by atoms with Crippen molar-refractivity contribution in [2.45, 2.75) is 6.61 Å². The van der Waals surface area contributed by atoms with E-state index in [9.17, 15) is 4.79 Å². The molecule has 0 heterocycles. The molecule has 3 nitrogen and oxygen atoms in total. The minimum absolute atomic E-state index is 0.488. The van der Waals surface area contributed by atoms with Crippen LogP contribution in [0.15, 0.2) is 18.2 Å². The molecule has 0 fully saturated rings. The molecule has 0 aliphatic rings. The summed E-state index contributed by atoms with van der Waals surface area (Å²) < 4.78 is 10.1. The molecular formula is C10H12O3. The number of benzene rings is 1. The molecule has 0 aliphatic heterocycles. The molecule has 13 heavy (non-hydrogen) atoms. The third-order valence-electron chi connectivity index (χ3n) is 1.75. The van der Waals surface area contributed by atoms with E-state index in [1.807, 2.05) is 6.07 Å². The molecule has 0 saturated carbocycles. The van der Waals surface area contributed by atoms with E-state index in [1.165, 1.54) is 0 Å². The Morgan fingerprint density at radius 3 is 2.69 bits per heavy atom. The second kappa shape index (κ2) is 4.62. The van der Waals surface area contributed by atoms with Crippen molar-refractivity contribution < 1.29 is 14.3 Å². The number of aldehydes is 1. The third-order valence-corrected chi connectivity index (χ3v) is 1.75. The number of rotatable bonds is 4. The van der Waals surface area contributed by atoms with Crippen LogP contribution in [0.5, 0.6) is 5.75 Å². The van der Waals surface area contributed by atoms with Crippen molar-refractivity contribution in [2.75, 3.05) is 14.2 Å². The van der Waals surface area contributed by atoms with Crippen LogP contribution in [-0.2, 0) is 11.3 Å². The topological polar surface area (TPSA) is 35.5 Å². The number of carbonyl (C=O) groups is 1. The van der Waals surface area contributed by atoms with Crippen molar-refractivity contribution in [3.05, 3.63) is 29.3 Å². The average Bonchev–Trinajstić information content (AvgIpc) is 2.19. The summed E-state index contributed by atoms with van der Waals surface area (Å²) in [6, 6.07) is 5.26. The lowest BCUT2D eigenvalue weighted by Gasteiger charge is -2.07. The number of methoxy groups -OCH3 is 2. The van der Waals surface area contributed by atoms with E-state index in [4.69, 9.17) is 9.47 Å². The zero-order valence-corrected chi connectivity index (χ0v) is 7.74. The molecule has 0 spiro atoms. The van der Waals surface area contributed by atoms with E-state index in [-0.39, 0.29) is 0 Å². The predicted octanol–water partition coefficient (Wildman–Crippen LogP) is 1.65. The molecule has 0 amide bonds. The van der Waals surface area contributed by atoms with Gasteiger partial charge in [0.2, 0.25) is 0 Å². The van der Waals surface area contributed by atoms with Crippen molar-refractivity contribution in [3.63, 3.8) is 0 Å².